The minimum absolute atomic E-state index is 0.316. The molecule has 0 saturated heterocycles. The lowest BCUT2D eigenvalue weighted by atomic mass is 10.4. The number of anilines is 4. The maximum absolute atomic E-state index is 5.71. The average Bonchev–Trinajstić information content (AvgIpc) is 2.24. The van der Waals surface area contributed by atoms with Gasteiger partial charge in [-0.1, -0.05) is 0 Å². The van der Waals surface area contributed by atoms with Crippen LogP contribution in [0.25, 0.3) is 0 Å². The van der Waals surface area contributed by atoms with E-state index < -0.39 is 0 Å². The van der Waals surface area contributed by atoms with Gasteiger partial charge in [-0.05, 0) is 13.8 Å². The van der Waals surface area contributed by atoms with Gasteiger partial charge in [-0.2, -0.15) is 9.97 Å². The van der Waals surface area contributed by atoms with Crippen molar-refractivity contribution in [1.29, 1.82) is 0 Å². The van der Waals surface area contributed by atoms with Crippen LogP contribution >= 0.6 is 0 Å². The van der Waals surface area contributed by atoms with Crippen LogP contribution in [0.4, 0.5) is 23.3 Å². The van der Waals surface area contributed by atoms with Crippen molar-refractivity contribution in [2.45, 2.75) is 13.8 Å². The molecule has 0 unspecified atom stereocenters. The lowest BCUT2D eigenvalue weighted by Gasteiger charge is -2.20. The zero-order valence-electron chi connectivity index (χ0n) is 9.41. The lowest BCUT2D eigenvalue weighted by molar-refractivity contribution is 0.824. The molecule has 0 bridgehead atoms. The Morgan fingerprint density at radius 2 is 1.80 bits per heavy atom. The summed E-state index contributed by atoms with van der Waals surface area (Å²) >= 11 is 0. The molecule has 1 aromatic heterocycles. The Balaban J connectivity index is 3.15. The van der Waals surface area contributed by atoms with Gasteiger partial charge >= 0.3 is 0 Å². The zero-order chi connectivity index (χ0) is 11.4. The van der Waals surface area contributed by atoms with E-state index in [1.165, 1.54) is 0 Å². The van der Waals surface area contributed by atoms with E-state index in [2.05, 4.69) is 15.3 Å². The molecule has 0 aliphatic carbocycles. The SMILES string of the molecule is CCN(CC)c1nc(N)c(N)c(NC)n1. The Morgan fingerprint density at radius 1 is 1.20 bits per heavy atom. The molecule has 5 N–H and O–H groups in total. The van der Waals surface area contributed by atoms with Gasteiger partial charge in [0, 0.05) is 20.1 Å². The first-order chi connectivity index (χ1) is 7.13. The van der Waals surface area contributed by atoms with Crippen molar-refractivity contribution >= 4 is 23.3 Å². The van der Waals surface area contributed by atoms with E-state index in [1.54, 1.807) is 7.05 Å². The van der Waals surface area contributed by atoms with Crippen LogP contribution in [-0.2, 0) is 0 Å². The van der Waals surface area contributed by atoms with Crippen molar-refractivity contribution in [2.75, 3.05) is 41.8 Å². The molecule has 6 heteroatoms. The molecule has 1 rings (SSSR count). The first kappa shape index (κ1) is 11.4. The van der Waals surface area contributed by atoms with Crippen molar-refractivity contribution in [2.24, 2.45) is 0 Å². The molecule has 1 heterocycles. The smallest absolute Gasteiger partial charge is 0.229 e. The third-order valence-electron chi connectivity index (χ3n) is 2.25. The minimum Gasteiger partial charge on any atom is -0.393 e. The highest BCUT2D eigenvalue weighted by molar-refractivity contribution is 5.74. The normalized spacial score (nSPS) is 10.1. The van der Waals surface area contributed by atoms with E-state index in [0.29, 0.717) is 23.3 Å². The van der Waals surface area contributed by atoms with Crippen molar-refractivity contribution < 1.29 is 0 Å². The van der Waals surface area contributed by atoms with Gasteiger partial charge in [0.25, 0.3) is 0 Å². The van der Waals surface area contributed by atoms with Crippen LogP contribution < -0.4 is 21.7 Å². The molecule has 0 aliphatic rings. The Kier molecular flexibility index (Phi) is 3.54. The maximum Gasteiger partial charge on any atom is 0.229 e. The van der Waals surface area contributed by atoms with Crippen molar-refractivity contribution in [3.63, 3.8) is 0 Å². The molecule has 0 aromatic carbocycles. The number of aromatic nitrogens is 2. The molecule has 0 saturated carbocycles. The zero-order valence-corrected chi connectivity index (χ0v) is 9.41. The van der Waals surface area contributed by atoms with E-state index in [0.717, 1.165) is 13.1 Å². The number of hydrogen-bond donors (Lipinski definition) is 3. The molecule has 0 amide bonds. The second-order valence-corrected chi connectivity index (χ2v) is 3.09. The summed E-state index contributed by atoms with van der Waals surface area (Å²) < 4.78 is 0. The molecule has 0 spiro atoms. The Hall–Kier alpha value is -1.72. The van der Waals surface area contributed by atoms with Gasteiger partial charge in [0.2, 0.25) is 5.95 Å². The van der Waals surface area contributed by atoms with Crippen LogP contribution in [0.15, 0.2) is 0 Å². The highest BCUT2D eigenvalue weighted by Crippen LogP contribution is 2.23. The molecular weight excluding hydrogens is 192 g/mol. The van der Waals surface area contributed by atoms with Crippen LogP contribution in [0.3, 0.4) is 0 Å². The van der Waals surface area contributed by atoms with Crippen LogP contribution in [0, 0.1) is 0 Å². The van der Waals surface area contributed by atoms with Crippen molar-refractivity contribution in [3.05, 3.63) is 0 Å². The van der Waals surface area contributed by atoms with Gasteiger partial charge in [-0.3, -0.25) is 0 Å². The predicted octanol–water partition coefficient (Wildman–Crippen LogP) is 0.529. The van der Waals surface area contributed by atoms with Crippen LogP contribution in [-0.4, -0.2) is 30.1 Å². The monoisotopic (exact) mass is 210 g/mol. The Morgan fingerprint density at radius 3 is 2.27 bits per heavy atom. The highest BCUT2D eigenvalue weighted by Gasteiger charge is 2.11. The minimum atomic E-state index is 0.316. The van der Waals surface area contributed by atoms with Gasteiger partial charge in [0.15, 0.2) is 11.6 Å². The van der Waals surface area contributed by atoms with Gasteiger partial charge in [-0.15, -0.1) is 0 Å². The number of nitrogens with one attached hydrogen (secondary N) is 1. The summed E-state index contributed by atoms with van der Waals surface area (Å²) in [5, 5.41) is 2.90. The molecule has 15 heavy (non-hydrogen) atoms. The summed E-state index contributed by atoms with van der Waals surface area (Å²) in [5.74, 6) is 1.50. The Bertz CT molecular complexity index is 334. The molecular formula is C9H18N6. The summed E-state index contributed by atoms with van der Waals surface area (Å²) in [6.45, 7) is 5.75. The fraction of sp³-hybridized carbons (Fsp3) is 0.556. The molecule has 0 atom stereocenters. The quantitative estimate of drug-likeness (QED) is 0.671. The number of nitrogen functional groups attached to an aromatic ring is 2. The van der Waals surface area contributed by atoms with Gasteiger partial charge in [0.05, 0.1) is 0 Å². The third-order valence-corrected chi connectivity index (χ3v) is 2.25. The van der Waals surface area contributed by atoms with Gasteiger partial charge < -0.3 is 21.7 Å². The topological polar surface area (TPSA) is 93.1 Å². The average molecular weight is 210 g/mol. The third kappa shape index (κ3) is 2.20. The van der Waals surface area contributed by atoms with Crippen LogP contribution in [0.2, 0.25) is 0 Å². The fourth-order valence-corrected chi connectivity index (χ4v) is 1.31. The van der Waals surface area contributed by atoms with E-state index in [-0.39, 0.29) is 0 Å². The summed E-state index contributed by atoms with van der Waals surface area (Å²) in [6.07, 6.45) is 0. The summed E-state index contributed by atoms with van der Waals surface area (Å²) in [6, 6.07) is 0. The van der Waals surface area contributed by atoms with E-state index in [4.69, 9.17) is 11.5 Å². The summed E-state index contributed by atoms with van der Waals surface area (Å²) in [4.78, 5) is 10.5. The molecule has 0 aliphatic heterocycles. The Labute approximate surface area is 89.7 Å². The summed E-state index contributed by atoms with van der Waals surface area (Å²) in [7, 11) is 1.75. The van der Waals surface area contributed by atoms with Crippen molar-refractivity contribution in [1.82, 2.24) is 9.97 Å². The maximum atomic E-state index is 5.71. The first-order valence-electron chi connectivity index (χ1n) is 4.99. The molecule has 6 nitrogen and oxygen atoms in total. The van der Waals surface area contributed by atoms with Gasteiger partial charge in [0.1, 0.15) is 5.69 Å². The van der Waals surface area contributed by atoms with E-state index in [9.17, 15) is 0 Å². The molecule has 84 valence electrons. The first-order valence-corrected chi connectivity index (χ1v) is 4.99. The predicted molar refractivity (Wildman–Crippen MR) is 64.0 cm³/mol. The van der Waals surface area contributed by atoms with E-state index in [1.807, 2.05) is 18.7 Å². The lowest BCUT2D eigenvalue weighted by Crippen LogP contribution is -2.25. The fourth-order valence-electron chi connectivity index (χ4n) is 1.31. The largest absolute Gasteiger partial charge is 0.393 e. The molecule has 0 radical (unpaired) electrons. The number of hydrogen-bond acceptors (Lipinski definition) is 6. The van der Waals surface area contributed by atoms with Gasteiger partial charge in [-0.25, -0.2) is 0 Å². The highest BCUT2D eigenvalue weighted by atomic mass is 15.3. The second kappa shape index (κ2) is 4.68. The number of nitrogens with zero attached hydrogens (tertiary/aromatic N) is 3. The van der Waals surface area contributed by atoms with Crippen LogP contribution in [0.1, 0.15) is 13.8 Å². The van der Waals surface area contributed by atoms with Crippen LogP contribution in [0.5, 0.6) is 0 Å². The summed E-state index contributed by atoms with van der Waals surface area (Å²) in [5.41, 5.74) is 11.8. The van der Waals surface area contributed by atoms with E-state index >= 15 is 0 Å². The standard InChI is InChI=1S/C9H18N6/c1-4-15(5-2)9-13-7(11)6(10)8(12-3)14-9/h4-5,10H2,1-3H3,(H3,11,12,13,14). The number of nitrogens with two attached hydrogens (primary N) is 2. The second-order valence-electron chi connectivity index (χ2n) is 3.09. The molecule has 0 fully saturated rings. The molecule has 1 aromatic rings. The number of rotatable bonds is 4. The van der Waals surface area contributed by atoms with Crippen molar-refractivity contribution in [3.8, 4) is 0 Å².